The number of rotatable bonds is 5. The number of aromatic nitrogens is 1. The van der Waals surface area contributed by atoms with E-state index in [0.717, 1.165) is 12.3 Å². The predicted octanol–water partition coefficient (Wildman–Crippen LogP) is 2.08. The van der Waals surface area contributed by atoms with Crippen molar-refractivity contribution in [1.82, 2.24) is 10.3 Å². The summed E-state index contributed by atoms with van der Waals surface area (Å²) in [6.45, 7) is 1.75. The third-order valence-electron chi connectivity index (χ3n) is 2.50. The molecule has 0 bridgehead atoms. The van der Waals surface area contributed by atoms with E-state index in [1.807, 2.05) is 0 Å². The number of hydrogen-bond acceptors (Lipinski definition) is 3. The number of nitrogens with zero attached hydrogens (tertiary/aromatic N) is 1. The fraction of sp³-hybridized carbons (Fsp3) is 0.417. The van der Waals surface area contributed by atoms with Gasteiger partial charge in [-0.3, -0.25) is 9.78 Å². The number of aliphatic carboxylic acids is 1. The van der Waals surface area contributed by atoms with E-state index < -0.39 is 29.8 Å². The lowest BCUT2D eigenvalue weighted by Crippen LogP contribution is -2.40. The molecule has 0 saturated heterocycles. The molecule has 0 aromatic carbocycles. The molecule has 0 radical (unpaired) electrons. The number of alkyl halides is 3. The molecular weight excluding hydrogens is 277 g/mol. The maximum atomic E-state index is 12.3. The summed E-state index contributed by atoms with van der Waals surface area (Å²) in [5.41, 5.74) is -1.24. The van der Waals surface area contributed by atoms with E-state index in [9.17, 15) is 22.8 Å². The molecule has 1 aromatic heterocycles. The predicted molar refractivity (Wildman–Crippen MR) is 63.0 cm³/mol. The molecular formula is C12H13F3N2O3. The lowest BCUT2D eigenvalue weighted by molar-refractivity contribution is -0.141. The van der Waals surface area contributed by atoms with Gasteiger partial charge in [-0.25, -0.2) is 4.79 Å². The van der Waals surface area contributed by atoms with Crippen LogP contribution < -0.4 is 5.32 Å². The molecule has 1 heterocycles. The number of carbonyl (C=O) groups excluding carboxylic acids is 1. The highest BCUT2D eigenvalue weighted by atomic mass is 19.4. The summed E-state index contributed by atoms with van der Waals surface area (Å²) >= 11 is 0. The number of carbonyl (C=O) groups is 2. The second-order valence-corrected chi connectivity index (χ2v) is 4.08. The standard InChI is InChI=1S/C12H13F3N2O3/c1-2-3-8(11(19)20)17-10(18)7-4-5-9(16-6-7)12(13,14)15/h4-6,8H,2-3H2,1H3,(H,17,18)(H,19,20). The van der Waals surface area contributed by atoms with Crippen LogP contribution in [0.25, 0.3) is 0 Å². The Morgan fingerprint density at radius 1 is 1.40 bits per heavy atom. The highest BCUT2D eigenvalue weighted by molar-refractivity contribution is 5.96. The molecule has 0 aliphatic carbocycles. The van der Waals surface area contributed by atoms with Crippen LogP contribution in [0.15, 0.2) is 18.3 Å². The quantitative estimate of drug-likeness (QED) is 0.870. The summed E-state index contributed by atoms with van der Waals surface area (Å²) in [7, 11) is 0. The molecule has 20 heavy (non-hydrogen) atoms. The van der Waals surface area contributed by atoms with Crippen LogP contribution in [0.2, 0.25) is 0 Å². The van der Waals surface area contributed by atoms with Gasteiger partial charge >= 0.3 is 12.1 Å². The monoisotopic (exact) mass is 290 g/mol. The fourth-order valence-electron chi connectivity index (χ4n) is 1.48. The average Bonchev–Trinajstić information content (AvgIpc) is 2.37. The second kappa shape index (κ2) is 6.36. The molecule has 0 aliphatic heterocycles. The summed E-state index contributed by atoms with van der Waals surface area (Å²) in [5.74, 6) is -1.97. The van der Waals surface area contributed by atoms with Crippen molar-refractivity contribution < 1.29 is 27.9 Å². The van der Waals surface area contributed by atoms with Crippen molar-refractivity contribution >= 4 is 11.9 Å². The Morgan fingerprint density at radius 3 is 2.45 bits per heavy atom. The van der Waals surface area contributed by atoms with Crippen LogP contribution >= 0.6 is 0 Å². The van der Waals surface area contributed by atoms with Crippen LogP contribution in [0, 0.1) is 0 Å². The van der Waals surface area contributed by atoms with Crippen LogP contribution in [-0.2, 0) is 11.0 Å². The van der Waals surface area contributed by atoms with Gasteiger partial charge < -0.3 is 10.4 Å². The summed E-state index contributed by atoms with van der Waals surface area (Å²) in [4.78, 5) is 25.7. The first kappa shape index (κ1) is 15.9. The Morgan fingerprint density at radius 2 is 2.05 bits per heavy atom. The van der Waals surface area contributed by atoms with Crippen LogP contribution in [0.1, 0.15) is 35.8 Å². The molecule has 0 saturated carbocycles. The van der Waals surface area contributed by atoms with Gasteiger partial charge in [0, 0.05) is 6.20 Å². The van der Waals surface area contributed by atoms with Crippen LogP contribution in [0.5, 0.6) is 0 Å². The van der Waals surface area contributed by atoms with Crippen molar-refractivity contribution in [2.75, 3.05) is 0 Å². The smallest absolute Gasteiger partial charge is 0.433 e. The normalized spacial score (nSPS) is 12.8. The molecule has 0 fully saturated rings. The minimum Gasteiger partial charge on any atom is -0.480 e. The molecule has 1 rings (SSSR count). The van der Waals surface area contributed by atoms with Crippen molar-refractivity contribution in [2.45, 2.75) is 32.0 Å². The third kappa shape index (κ3) is 4.22. The van der Waals surface area contributed by atoms with E-state index in [1.165, 1.54) is 0 Å². The van der Waals surface area contributed by atoms with Crippen molar-refractivity contribution in [3.8, 4) is 0 Å². The Labute approximate surface area is 112 Å². The second-order valence-electron chi connectivity index (χ2n) is 4.08. The number of nitrogens with one attached hydrogen (secondary N) is 1. The summed E-state index contributed by atoms with van der Waals surface area (Å²) in [6, 6.07) is 0.551. The van der Waals surface area contributed by atoms with E-state index in [2.05, 4.69) is 10.3 Å². The van der Waals surface area contributed by atoms with Gasteiger partial charge in [-0.05, 0) is 18.6 Å². The Kier molecular flexibility index (Phi) is 5.06. The molecule has 5 nitrogen and oxygen atoms in total. The molecule has 1 aromatic rings. The number of halogens is 3. The first-order valence-electron chi connectivity index (χ1n) is 5.82. The number of amides is 1. The first-order valence-corrected chi connectivity index (χ1v) is 5.82. The van der Waals surface area contributed by atoms with Gasteiger partial charge in [0.15, 0.2) is 0 Å². The van der Waals surface area contributed by atoms with E-state index in [1.54, 1.807) is 6.92 Å². The number of hydrogen-bond donors (Lipinski definition) is 2. The molecule has 110 valence electrons. The van der Waals surface area contributed by atoms with Crippen LogP contribution in [0.3, 0.4) is 0 Å². The molecule has 0 spiro atoms. The Balaban J connectivity index is 2.80. The highest BCUT2D eigenvalue weighted by Gasteiger charge is 2.32. The van der Waals surface area contributed by atoms with E-state index in [4.69, 9.17) is 5.11 Å². The topological polar surface area (TPSA) is 79.3 Å². The van der Waals surface area contributed by atoms with Gasteiger partial charge in [0.1, 0.15) is 11.7 Å². The minimum absolute atomic E-state index is 0.125. The van der Waals surface area contributed by atoms with Crippen LogP contribution in [0.4, 0.5) is 13.2 Å². The van der Waals surface area contributed by atoms with Crippen molar-refractivity contribution in [3.05, 3.63) is 29.6 Å². The van der Waals surface area contributed by atoms with Gasteiger partial charge in [-0.2, -0.15) is 13.2 Å². The van der Waals surface area contributed by atoms with Crippen molar-refractivity contribution in [2.24, 2.45) is 0 Å². The van der Waals surface area contributed by atoms with E-state index in [0.29, 0.717) is 12.5 Å². The number of carboxylic acid groups (broad SMARTS) is 1. The first-order chi connectivity index (χ1) is 9.25. The summed E-state index contributed by atoms with van der Waals surface area (Å²) < 4.78 is 36.9. The maximum absolute atomic E-state index is 12.3. The van der Waals surface area contributed by atoms with E-state index in [-0.39, 0.29) is 12.0 Å². The third-order valence-corrected chi connectivity index (χ3v) is 2.50. The molecule has 0 aliphatic rings. The molecule has 1 amide bonds. The number of carboxylic acids is 1. The van der Waals surface area contributed by atoms with Crippen molar-refractivity contribution in [3.63, 3.8) is 0 Å². The largest absolute Gasteiger partial charge is 0.480 e. The van der Waals surface area contributed by atoms with Gasteiger partial charge in [-0.1, -0.05) is 13.3 Å². The zero-order chi connectivity index (χ0) is 15.3. The number of pyridine rings is 1. The zero-order valence-electron chi connectivity index (χ0n) is 10.6. The summed E-state index contributed by atoms with van der Waals surface area (Å²) in [5, 5.41) is 11.1. The minimum atomic E-state index is -4.58. The Bertz CT molecular complexity index is 486. The van der Waals surface area contributed by atoms with Crippen LogP contribution in [-0.4, -0.2) is 28.0 Å². The van der Waals surface area contributed by atoms with Gasteiger partial charge in [0.2, 0.25) is 0 Å². The SMILES string of the molecule is CCCC(NC(=O)c1ccc(C(F)(F)F)nc1)C(=O)O. The maximum Gasteiger partial charge on any atom is 0.433 e. The molecule has 2 N–H and O–H groups in total. The highest BCUT2D eigenvalue weighted by Crippen LogP contribution is 2.27. The lowest BCUT2D eigenvalue weighted by Gasteiger charge is -2.13. The molecule has 1 atom stereocenters. The average molecular weight is 290 g/mol. The molecule has 8 heteroatoms. The summed E-state index contributed by atoms with van der Waals surface area (Å²) in [6.07, 6.45) is -3.04. The lowest BCUT2D eigenvalue weighted by atomic mass is 10.1. The van der Waals surface area contributed by atoms with Gasteiger partial charge in [0.05, 0.1) is 5.56 Å². The Hall–Kier alpha value is -2.12. The fourth-order valence-corrected chi connectivity index (χ4v) is 1.48. The molecule has 1 unspecified atom stereocenters. The van der Waals surface area contributed by atoms with Crippen molar-refractivity contribution in [1.29, 1.82) is 0 Å². The zero-order valence-corrected chi connectivity index (χ0v) is 10.6. The van der Waals surface area contributed by atoms with E-state index >= 15 is 0 Å². The van der Waals surface area contributed by atoms with Gasteiger partial charge in [0.25, 0.3) is 5.91 Å². The van der Waals surface area contributed by atoms with Gasteiger partial charge in [-0.15, -0.1) is 0 Å².